The second kappa shape index (κ2) is 8.03. The predicted octanol–water partition coefficient (Wildman–Crippen LogP) is 3.52. The first-order chi connectivity index (χ1) is 16.2. The molecule has 2 fully saturated rings. The number of esters is 2. The largest absolute Gasteiger partial charge is 0.472 e. The van der Waals surface area contributed by atoms with Gasteiger partial charge in [-0.2, -0.15) is 0 Å². The standard InChI is InChI=1S/C27H36O8/c1-23(2)18(13-20(29)33-6)24(3,10-8-19(23)28)17-7-11-25(4,22(31)16-9-12-34-15-16)27(32)14-21(30)35-26(17,27)5/h8-10,12,15,17-18,22,31-32H,7,11,13-14H2,1-6H3/t17-,18+,22+,24-,25+,26+,27-/m1/s1. The number of allylic oxidation sites excluding steroid dienone is 2. The molecule has 8 heteroatoms. The molecule has 0 bridgehead atoms. The zero-order valence-corrected chi connectivity index (χ0v) is 21.3. The maximum atomic E-state index is 12.9. The molecule has 0 spiro atoms. The maximum Gasteiger partial charge on any atom is 0.309 e. The van der Waals surface area contributed by atoms with Crippen LogP contribution in [0.4, 0.5) is 0 Å². The third kappa shape index (κ3) is 3.36. The van der Waals surface area contributed by atoms with Crippen LogP contribution in [0.5, 0.6) is 0 Å². The number of aliphatic hydroxyl groups is 2. The Labute approximate surface area is 205 Å². The van der Waals surface area contributed by atoms with Crippen LogP contribution in [0.15, 0.2) is 35.2 Å². The molecule has 1 aromatic rings. The van der Waals surface area contributed by atoms with E-state index in [0.29, 0.717) is 18.4 Å². The normalized spacial score (nSPS) is 41.3. The first kappa shape index (κ1) is 25.6. The van der Waals surface area contributed by atoms with Gasteiger partial charge in [-0.1, -0.05) is 33.8 Å². The van der Waals surface area contributed by atoms with Gasteiger partial charge >= 0.3 is 11.9 Å². The van der Waals surface area contributed by atoms with Gasteiger partial charge in [0, 0.05) is 22.3 Å². The van der Waals surface area contributed by atoms with Crippen LogP contribution in [-0.4, -0.2) is 46.2 Å². The minimum Gasteiger partial charge on any atom is -0.472 e. The van der Waals surface area contributed by atoms with Gasteiger partial charge in [0.05, 0.1) is 38.6 Å². The van der Waals surface area contributed by atoms with Crippen molar-refractivity contribution >= 4 is 17.7 Å². The van der Waals surface area contributed by atoms with Crippen LogP contribution in [-0.2, 0) is 23.9 Å². The molecule has 1 aromatic heterocycles. The summed E-state index contributed by atoms with van der Waals surface area (Å²) in [4.78, 5) is 38.2. The average molecular weight is 489 g/mol. The van der Waals surface area contributed by atoms with E-state index in [1.54, 1.807) is 26.0 Å². The van der Waals surface area contributed by atoms with Crippen LogP contribution in [0.3, 0.4) is 0 Å². The first-order valence-electron chi connectivity index (χ1n) is 12.1. The molecule has 1 saturated heterocycles. The summed E-state index contributed by atoms with van der Waals surface area (Å²) in [6.07, 6.45) is 5.75. The smallest absolute Gasteiger partial charge is 0.309 e. The molecule has 0 unspecified atom stereocenters. The van der Waals surface area contributed by atoms with Crippen LogP contribution in [0.25, 0.3) is 0 Å². The van der Waals surface area contributed by atoms with Gasteiger partial charge in [0.25, 0.3) is 0 Å². The Hall–Kier alpha value is -2.45. The Kier molecular flexibility index (Phi) is 5.88. The number of methoxy groups -OCH3 is 1. The van der Waals surface area contributed by atoms with Crippen molar-refractivity contribution in [1.82, 2.24) is 0 Å². The Morgan fingerprint density at radius 1 is 1.23 bits per heavy atom. The molecule has 1 saturated carbocycles. The summed E-state index contributed by atoms with van der Waals surface area (Å²) < 4.78 is 16.1. The molecule has 4 rings (SSSR count). The lowest BCUT2D eigenvalue weighted by Crippen LogP contribution is -2.70. The molecule has 0 radical (unpaired) electrons. The van der Waals surface area contributed by atoms with Gasteiger partial charge in [-0.05, 0) is 43.2 Å². The number of ketones is 1. The van der Waals surface area contributed by atoms with E-state index in [-0.39, 0.29) is 18.6 Å². The number of ether oxygens (including phenoxy) is 2. The topological polar surface area (TPSA) is 123 Å². The summed E-state index contributed by atoms with van der Waals surface area (Å²) in [5, 5.41) is 23.7. The quantitative estimate of drug-likeness (QED) is 0.604. The second-order valence-electron chi connectivity index (χ2n) is 11.7. The van der Waals surface area contributed by atoms with Crippen LogP contribution in [0.2, 0.25) is 0 Å². The van der Waals surface area contributed by atoms with Gasteiger partial charge in [0.1, 0.15) is 11.2 Å². The molecule has 1 aliphatic heterocycles. The summed E-state index contributed by atoms with van der Waals surface area (Å²) in [6.45, 7) is 9.09. The summed E-state index contributed by atoms with van der Waals surface area (Å²) in [5.74, 6) is -1.97. The number of furan rings is 1. The van der Waals surface area contributed by atoms with E-state index in [4.69, 9.17) is 13.9 Å². The molecule has 0 amide bonds. The average Bonchev–Trinajstić information content (AvgIpc) is 3.40. The van der Waals surface area contributed by atoms with E-state index in [2.05, 4.69) is 0 Å². The van der Waals surface area contributed by atoms with Crippen LogP contribution in [0, 0.1) is 28.1 Å². The number of hydrogen-bond donors (Lipinski definition) is 2. The third-order valence-corrected chi connectivity index (χ3v) is 9.77. The molecule has 3 aliphatic rings. The molecule has 2 aliphatic carbocycles. The highest BCUT2D eigenvalue weighted by molar-refractivity contribution is 5.96. The first-order valence-corrected chi connectivity index (χ1v) is 12.1. The molecular formula is C27H36O8. The van der Waals surface area contributed by atoms with Crippen molar-refractivity contribution in [3.63, 3.8) is 0 Å². The highest BCUT2D eigenvalue weighted by atomic mass is 16.6. The van der Waals surface area contributed by atoms with E-state index in [9.17, 15) is 24.6 Å². The third-order valence-electron chi connectivity index (χ3n) is 9.77. The highest BCUT2D eigenvalue weighted by Gasteiger charge is 2.75. The van der Waals surface area contributed by atoms with Crippen molar-refractivity contribution < 1.29 is 38.5 Å². The minimum atomic E-state index is -1.71. The number of aliphatic hydroxyl groups excluding tert-OH is 1. The molecule has 192 valence electrons. The highest BCUT2D eigenvalue weighted by Crippen LogP contribution is 2.68. The number of carbonyl (C=O) groups excluding carboxylic acids is 3. The maximum absolute atomic E-state index is 12.9. The van der Waals surface area contributed by atoms with Crippen molar-refractivity contribution in [2.24, 2.45) is 28.1 Å². The predicted molar refractivity (Wildman–Crippen MR) is 125 cm³/mol. The van der Waals surface area contributed by atoms with Gasteiger partial charge in [0.15, 0.2) is 5.78 Å². The van der Waals surface area contributed by atoms with Crippen molar-refractivity contribution in [1.29, 1.82) is 0 Å². The van der Waals surface area contributed by atoms with Gasteiger partial charge in [-0.3, -0.25) is 14.4 Å². The lowest BCUT2D eigenvalue weighted by Gasteiger charge is -2.63. The Balaban J connectivity index is 1.84. The number of fused-ring (bicyclic) bond motifs is 1. The van der Waals surface area contributed by atoms with E-state index < -0.39 is 57.3 Å². The minimum absolute atomic E-state index is 0.00392. The Morgan fingerprint density at radius 2 is 1.91 bits per heavy atom. The van der Waals surface area contributed by atoms with E-state index in [1.165, 1.54) is 19.6 Å². The monoisotopic (exact) mass is 488 g/mol. The zero-order valence-electron chi connectivity index (χ0n) is 21.3. The zero-order chi connectivity index (χ0) is 26.0. The number of rotatable bonds is 5. The van der Waals surface area contributed by atoms with Crippen LogP contribution in [0.1, 0.15) is 72.0 Å². The van der Waals surface area contributed by atoms with Crippen molar-refractivity contribution in [2.75, 3.05) is 7.11 Å². The summed E-state index contributed by atoms with van der Waals surface area (Å²) in [6, 6.07) is 1.64. The van der Waals surface area contributed by atoms with Crippen molar-refractivity contribution in [3.05, 3.63) is 36.3 Å². The molecular weight excluding hydrogens is 452 g/mol. The van der Waals surface area contributed by atoms with Crippen molar-refractivity contribution in [3.8, 4) is 0 Å². The number of carbonyl (C=O) groups is 3. The van der Waals surface area contributed by atoms with Crippen LogP contribution >= 0.6 is 0 Å². The second-order valence-corrected chi connectivity index (χ2v) is 11.7. The Morgan fingerprint density at radius 3 is 2.51 bits per heavy atom. The van der Waals surface area contributed by atoms with Gasteiger partial charge < -0.3 is 24.1 Å². The van der Waals surface area contributed by atoms with Gasteiger partial charge in [-0.15, -0.1) is 0 Å². The van der Waals surface area contributed by atoms with Crippen LogP contribution < -0.4 is 0 Å². The fourth-order valence-electron chi connectivity index (χ4n) is 7.48. The fraction of sp³-hybridized carbons (Fsp3) is 0.667. The SMILES string of the molecule is COC(=O)C[C@H]1C(C)(C)C(=O)C=C[C@]1(C)[C@H]1CC[C@@](C)([C@@H](O)c2ccoc2)[C@]2(O)CC(=O)O[C@@]12C. The fourth-order valence-corrected chi connectivity index (χ4v) is 7.48. The van der Waals surface area contributed by atoms with E-state index >= 15 is 0 Å². The molecule has 0 aromatic carbocycles. The Bertz CT molecular complexity index is 1060. The molecule has 2 heterocycles. The molecule has 2 N–H and O–H groups in total. The summed E-state index contributed by atoms with van der Waals surface area (Å²) >= 11 is 0. The van der Waals surface area contributed by atoms with Gasteiger partial charge in [-0.25, -0.2) is 0 Å². The molecule has 35 heavy (non-hydrogen) atoms. The summed E-state index contributed by atoms with van der Waals surface area (Å²) in [7, 11) is 1.31. The van der Waals surface area contributed by atoms with Gasteiger partial charge in [0.2, 0.25) is 0 Å². The molecule has 8 nitrogen and oxygen atoms in total. The molecule has 7 atom stereocenters. The summed E-state index contributed by atoms with van der Waals surface area (Å²) in [5.41, 5.74) is -5.38. The van der Waals surface area contributed by atoms with Crippen molar-refractivity contribution in [2.45, 2.75) is 77.6 Å². The lowest BCUT2D eigenvalue weighted by molar-refractivity contribution is -0.265. The number of hydrogen-bond acceptors (Lipinski definition) is 8. The van der Waals surface area contributed by atoms with E-state index in [0.717, 1.165) is 0 Å². The van der Waals surface area contributed by atoms with E-state index in [1.807, 2.05) is 26.8 Å². The lowest BCUT2D eigenvalue weighted by atomic mass is 9.43.